The van der Waals surface area contributed by atoms with Gasteiger partial charge in [0.05, 0.1) is 17.6 Å². The van der Waals surface area contributed by atoms with Gasteiger partial charge in [0.25, 0.3) is 11.8 Å². The lowest BCUT2D eigenvalue weighted by Gasteiger charge is -2.30. The van der Waals surface area contributed by atoms with E-state index in [1.54, 1.807) is 18.2 Å². The van der Waals surface area contributed by atoms with E-state index in [-0.39, 0.29) is 12.0 Å². The molecule has 2 amide bonds. The van der Waals surface area contributed by atoms with Gasteiger partial charge in [-0.3, -0.25) is 9.59 Å². The van der Waals surface area contributed by atoms with E-state index in [0.29, 0.717) is 23.6 Å². The Morgan fingerprint density at radius 3 is 3.00 bits per heavy atom. The molecular weight excluding hydrogens is 338 g/mol. The highest BCUT2D eigenvalue weighted by atomic mass is 32.1. The first-order valence-corrected chi connectivity index (χ1v) is 8.98. The Hall–Kier alpha value is -2.22. The van der Waals surface area contributed by atoms with Crippen LogP contribution in [0.1, 0.15) is 20.0 Å². The molecule has 2 heterocycles. The molecule has 1 aliphatic rings. The Morgan fingerprint density at radius 2 is 2.24 bits per heavy atom. The molecule has 1 atom stereocenters. The number of nitrogens with two attached hydrogens (primary N) is 1. The second kappa shape index (κ2) is 7.77. The maximum atomic E-state index is 12.4. The first-order chi connectivity index (χ1) is 12.0. The molecule has 25 heavy (non-hydrogen) atoms. The molecule has 2 aromatic rings. The SMILES string of the molecule is CN1CCO[C@@H](CNC(=O)c2cccc(-c3ccsc3C(N)=O)c2)C1. The fourth-order valence-electron chi connectivity index (χ4n) is 2.85. The summed E-state index contributed by atoms with van der Waals surface area (Å²) in [5.41, 5.74) is 7.51. The summed E-state index contributed by atoms with van der Waals surface area (Å²) in [6.45, 7) is 2.87. The Balaban J connectivity index is 1.69. The number of nitrogens with one attached hydrogen (secondary N) is 1. The molecular formula is C18H21N3O3S. The monoisotopic (exact) mass is 359 g/mol. The molecule has 1 aromatic heterocycles. The van der Waals surface area contributed by atoms with Gasteiger partial charge in [-0.2, -0.15) is 0 Å². The number of carbonyl (C=O) groups is 2. The Bertz CT molecular complexity index is 774. The third kappa shape index (κ3) is 4.25. The van der Waals surface area contributed by atoms with Gasteiger partial charge >= 0.3 is 0 Å². The molecule has 0 spiro atoms. The van der Waals surface area contributed by atoms with Crippen molar-refractivity contribution in [1.29, 1.82) is 0 Å². The third-order valence-electron chi connectivity index (χ3n) is 4.16. The predicted molar refractivity (Wildman–Crippen MR) is 97.8 cm³/mol. The summed E-state index contributed by atoms with van der Waals surface area (Å²) in [4.78, 5) is 26.6. The number of amides is 2. The average molecular weight is 359 g/mol. The van der Waals surface area contributed by atoms with Gasteiger partial charge in [0.15, 0.2) is 0 Å². The molecule has 0 unspecified atom stereocenters. The van der Waals surface area contributed by atoms with Crippen LogP contribution < -0.4 is 11.1 Å². The van der Waals surface area contributed by atoms with Crippen molar-refractivity contribution in [3.8, 4) is 11.1 Å². The largest absolute Gasteiger partial charge is 0.374 e. The summed E-state index contributed by atoms with van der Waals surface area (Å²) < 4.78 is 5.65. The molecule has 132 valence electrons. The number of likely N-dealkylation sites (N-methyl/N-ethyl adjacent to an activating group) is 1. The Morgan fingerprint density at radius 1 is 1.40 bits per heavy atom. The highest BCUT2D eigenvalue weighted by molar-refractivity contribution is 7.12. The molecule has 1 aromatic carbocycles. The maximum absolute atomic E-state index is 12.4. The van der Waals surface area contributed by atoms with E-state index in [4.69, 9.17) is 10.5 Å². The normalized spacial score (nSPS) is 18.0. The van der Waals surface area contributed by atoms with Crippen molar-refractivity contribution >= 4 is 23.2 Å². The van der Waals surface area contributed by atoms with Crippen LogP contribution in [0.15, 0.2) is 35.7 Å². The molecule has 6 nitrogen and oxygen atoms in total. The molecule has 1 fully saturated rings. The number of thiophene rings is 1. The molecule has 1 saturated heterocycles. The van der Waals surface area contributed by atoms with E-state index in [2.05, 4.69) is 10.2 Å². The van der Waals surface area contributed by atoms with Gasteiger partial charge < -0.3 is 20.7 Å². The van der Waals surface area contributed by atoms with Crippen LogP contribution in [-0.4, -0.2) is 56.1 Å². The molecule has 7 heteroatoms. The van der Waals surface area contributed by atoms with Gasteiger partial charge in [0.2, 0.25) is 0 Å². The molecule has 3 N–H and O–H groups in total. The fourth-order valence-corrected chi connectivity index (χ4v) is 3.62. The zero-order valence-corrected chi connectivity index (χ0v) is 14.8. The van der Waals surface area contributed by atoms with Crippen LogP contribution in [0.5, 0.6) is 0 Å². The second-order valence-electron chi connectivity index (χ2n) is 6.07. The van der Waals surface area contributed by atoms with E-state index in [1.165, 1.54) is 11.3 Å². The minimum atomic E-state index is -0.460. The van der Waals surface area contributed by atoms with Crippen LogP contribution in [0.4, 0.5) is 0 Å². The summed E-state index contributed by atoms with van der Waals surface area (Å²) in [6.07, 6.45) is 0.00391. The topological polar surface area (TPSA) is 84.7 Å². The highest BCUT2D eigenvalue weighted by Crippen LogP contribution is 2.28. The van der Waals surface area contributed by atoms with Gasteiger partial charge in [0.1, 0.15) is 0 Å². The first-order valence-electron chi connectivity index (χ1n) is 8.10. The number of hydrogen-bond donors (Lipinski definition) is 2. The van der Waals surface area contributed by atoms with Crippen LogP contribution >= 0.6 is 11.3 Å². The van der Waals surface area contributed by atoms with E-state index in [0.717, 1.165) is 24.2 Å². The molecule has 1 aliphatic heterocycles. The van der Waals surface area contributed by atoms with Crippen molar-refractivity contribution in [1.82, 2.24) is 10.2 Å². The molecule has 0 bridgehead atoms. The second-order valence-corrected chi connectivity index (χ2v) is 6.99. The Labute approximate surface area is 150 Å². The smallest absolute Gasteiger partial charge is 0.259 e. The summed E-state index contributed by atoms with van der Waals surface area (Å²) in [7, 11) is 2.04. The van der Waals surface area contributed by atoms with Crippen LogP contribution in [0.2, 0.25) is 0 Å². The molecule has 3 rings (SSSR count). The van der Waals surface area contributed by atoms with Crippen molar-refractivity contribution in [2.24, 2.45) is 5.73 Å². The lowest BCUT2D eigenvalue weighted by Crippen LogP contribution is -2.45. The van der Waals surface area contributed by atoms with Crippen LogP contribution in [0.25, 0.3) is 11.1 Å². The fraction of sp³-hybridized carbons (Fsp3) is 0.333. The number of rotatable bonds is 5. The number of benzene rings is 1. The number of hydrogen-bond acceptors (Lipinski definition) is 5. The summed E-state index contributed by atoms with van der Waals surface area (Å²) in [5, 5.41) is 4.74. The molecule has 0 radical (unpaired) electrons. The highest BCUT2D eigenvalue weighted by Gasteiger charge is 2.19. The van der Waals surface area contributed by atoms with E-state index in [1.807, 2.05) is 24.6 Å². The zero-order valence-electron chi connectivity index (χ0n) is 14.0. The van der Waals surface area contributed by atoms with Crippen molar-refractivity contribution < 1.29 is 14.3 Å². The zero-order chi connectivity index (χ0) is 17.8. The quantitative estimate of drug-likeness (QED) is 0.849. The van der Waals surface area contributed by atoms with Gasteiger partial charge in [-0.05, 0) is 36.2 Å². The Kier molecular flexibility index (Phi) is 5.47. The van der Waals surface area contributed by atoms with E-state index >= 15 is 0 Å². The van der Waals surface area contributed by atoms with Gasteiger partial charge in [-0.15, -0.1) is 11.3 Å². The van der Waals surface area contributed by atoms with Crippen LogP contribution in [0.3, 0.4) is 0 Å². The lowest BCUT2D eigenvalue weighted by molar-refractivity contribution is -0.0175. The van der Waals surface area contributed by atoms with Gasteiger partial charge in [-0.1, -0.05) is 12.1 Å². The number of morpholine rings is 1. The standard InChI is InChI=1S/C18H21N3O3S/c1-21-6-7-24-14(11-21)10-20-18(23)13-4-2-3-12(9-13)15-5-8-25-16(15)17(19)22/h2-5,8-9,14H,6-7,10-11H2,1H3,(H2,19,22)(H,20,23)/t14-/m0/s1. The number of ether oxygens (including phenoxy) is 1. The number of primary amides is 1. The average Bonchev–Trinajstić information content (AvgIpc) is 3.10. The van der Waals surface area contributed by atoms with E-state index < -0.39 is 5.91 Å². The van der Waals surface area contributed by atoms with Crippen molar-refractivity contribution in [3.05, 3.63) is 46.2 Å². The van der Waals surface area contributed by atoms with Gasteiger partial charge in [-0.25, -0.2) is 0 Å². The first kappa shape index (κ1) is 17.6. The summed E-state index contributed by atoms with van der Waals surface area (Å²) in [5.74, 6) is -0.618. The minimum Gasteiger partial charge on any atom is -0.374 e. The summed E-state index contributed by atoms with van der Waals surface area (Å²) in [6, 6.07) is 9.04. The van der Waals surface area contributed by atoms with Crippen molar-refractivity contribution in [2.45, 2.75) is 6.10 Å². The van der Waals surface area contributed by atoms with E-state index in [9.17, 15) is 9.59 Å². The molecule has 0 saturated carbocycles. The van der Waals surface area contributed by atoms with Gasteiger partial charge in [0, 0.05) is 30.8 Å². The maximum Gasteiger partial charge on any atom is 0.259 e. The molecule has 0 aliphatic carbocycles. The predicted octanol–water partition coefficient (Wildman–Crippen LogP) is 1.57. The van der Waals surface area contributed by atoms with Crippen molar-refractivity contribution in [2.75, 3.05) is 33.3 Å². The lowest BCUT2D eigenvalue weighted by atomic mass is 10.0. The van der Waals surface area contributed by atoms with Crippen LogP contribution in [0, 0.1) is 0 Å². The minimum absolute atomic E-state index is 0.00391. The third-order valence-corrected chi connectivity index (χ3v) is 5.09. The number of carbonyl (C=O) groups excluding carboxylic acids is 2. The number of nitrogens with zero attached hydrogens (tertiary/aromatic N) is 1. The summed E-state index contributed by atoms with van der Waals surface area (Å²) >= 11 is 1.30. The van der Waals surface area contributed by atoms with Crippen molar-refractivity contribution in [3.63, 3.8) is 0 Å². The van der Waals surface area contributed by atoms with Crippen LogP contribution in [-0.2, 0) is 4.74 Å².